The van der Waals surface area contributed by atoms with Gasteiger partial charge in [-0.25, -0.2) is 12.7 Å². The summed E-state index contributed by atoms with van der Waals surface area (Å²) in [6.45, 7) is 3.05. The highest BCUT2D eigenvalue weighted by Gasteiger charge is 2.28. The maximum atomic E-state index is 12.0. The smallest absolute Gasteiger partial charge is 0.218 e. The Morgan fingerprint density at radius 3 is 2.59 bits per heavy atom. The molecule has 1 aromatic rings. The molecule has 6 heteroatoms. The van der Waals surface area contributed by atoms with Crippen molar-refractivity contribution < 1.29 is 13.5 Å². The van der Waals surface area contributed by atoms with E-state index in [1.165, 1.54) is 11.2 Å². The topological polar surface area (TPSA) is 57.6 Å². The fourth-order valence-electron chi connectivity index (χ4n) is 1.48. The highest BCUT2D eigenvalue weighted by atomic mass is 32.2. The van der Waals surface area contributed by atoms with E-state index < -0.39 is 15.3 Å². The minimum absolute atomic E-state index is 0.104. The molecule has 1 aromatic heterocycles. The first-order chi connectivity index (χ1) is 7.89. The molecule has 0 saturated carbocycles. The Balaban J connectivity index is 2.72. The molecule has 0 aliphatic heterocycles. The zero-order chi connectivity index (χ0) is 13.1. The van der Waals surface area contributed by atoms with Gasteiger partial charge in [0.15, 0.2) is 0 Å². The van der Waals surface area contributed by atoms with Gasteiger partial charge in [0, 0.05) is 18.0 Å². The summed E-state index contributed by atoms with van der Waals surface area (Å²) < 4.78 is 25.4. The third-order valence-electron chi connectivity index (χ3n) is 2.86. The van der Waals surface area contributed by atoms with Gasteiger partial charge in [0.2, 0.25) is 10.0 Å². The van der Waals surface area contributed by atoms with Crippen LogP contribution in [0.2, 0.25) is 0 Å². The molecule has 1 rings (SSSR count). The summed E-state index contributed by atoms with van der Waals surface area (Å²) in [5.74, 6) is 0. The van der Waals surface area contributed by atoms with Crippen LogP contribution in [-0.4, -0.2) is 42.8 Å². The van der Waals surface area contributed by atoms with Gasteiger partial charge in [0.05, 0.1) is 11.9 Å². The van der Waals surface area contributed by atoms with Crippen LogP contribution in [0.4, 0.5) is 0 Å². The predicted octanol–water partition coefficient (Wildman–Crippen LogP) is 1.32. The van der Waals surface area contributed by atoms with E-state index in [-0.39, 0.29) is 12.6 Å². The number of nitrogens with zero attached hydrogens (tertiary/aromatic N) is 1. The Kier molecular flexibility index (Phi) is 5.12. The van der Waals surface area contributed by atoms with Crippen molar-refractivity contribution >= 4 is 21.4 Å². The Morgan fingerprint density at radius 2 is 2.12 bits per heavy atom. The second-order valence-electron chi connectivity index (χ2n) is 4.19. The molecule has 98 valence electrons. The minimum Gasteiger partial charge on any atom is -0.395 e. The van der Waals surface area contributed by atoms with E-state index in [9.17, 15) is 8.42 Å². The van der Waals surface area contributed by atoms with Crippen LogP contribution in [0.1, 0.15) is 18.7 Å². The summed E-state index contributed by atoms with van der Waals surface area (Å²) >= 11 is 1.62. The van der Waals surface area contributed by atoms with E-state index in [0.29, 0.717) is 6.42 Å². The average Bonchev–Trinajstić information content (AvgIpc) is 2.79. The lowest BCUT2D eigenvalue weighted by Crippen LogP contribution is -2.42. The van der Waals surface area contributed by atoms with Crippen LogP contribution >= 0.6 is 11.3 Å². The molecule has 0 aliphatic rings. The van der Waals surface area contributed by atoms with E-state index in [1.54, 1.807) is 18.4 Å². The highest BCUT2D eigenvalue weighted by molar-refractivity contribution is 7.89. The molecule has 1 N–H and O–H groups in total. The highest BCUT2D eigenvalue weighted by Crippen LogP contribution is 2.17. The van der Waals surface area contributed by atoms with Crippen molar-refractivity contribution in [2.24, 2.45) is 0 Å². The minimum atomic E-state index is -3.40. The number of hydrogen-bond acceptors (Lipinski definition) is 4. The third-order valence-corrected chi connectivity index (χ3v) is 6.09. The van der Waals surface area contributed by atoms with Crippen LogP contribution < -0.4 is 0 Å². The zero-order valence-electron chi connectivity index (χ0n) is 10.3. The number of rotatable bonds is 6. The Hall–Kier alpha value is -0.430. The van der Waals surface area contributed by atoms with Crippen molar-refractivity contribution in [3.8, 4) is 0 Å². The van der Waals surface area contributed by atoms with Gasteiger partial charge in [-0.3, -0.25) is 0 Å². The fraction of sp³-hybridized carbons (Fsp3) is 0.636. The van der Waals surface area contributed by atoms with Gasteiger partial charge < -0.3 is 5.11 Å². The maximum absolute atomic E-state index is 12.0. The first-order valence-electron chi connectivity index (χ1n) is 5.49. The molecule has 4 nitrogen and oxygen atoms in total. The largest absolute Gasteiger partial charge is 0.395 e. The summed E-state index contributed by atoms with van der Waals surface area (Å²) in [6.07, 6.45) is 0.700. The lowest BCUT2D eigenvalue weighted by atomic mass is 10.2. The second kappa shape index (κ2) is 5.95. The van der Waals surface area contributed by atoms with Gasteiger partial charge in [-0.2, -0.15) is 0 Å². The maximum Gasteiger partial charge on any atom is 0.218 e. The Bertz CT molecular complexity index is 428. The molecule has 1 heterocycles. The number of sulfonamides is 1. The van der Waals surface area contributed by atoms with Crippen LogP contribution in [0.25, 0.3) is 0 Å². The summed E-state index contributed by atoms with van der Waals surface area (Å²) in [4.78, 5) is 1.16. The van der Waals surface area contributed by atoms with E-state index >= 15 is 0 Å². The summed E-state index contributed by atoms with van der Waals surface area (Å²) in [5, 5.41) is 10.2. The van der Waals surface area contributed by atoms with Crippen LogP contribution in [0.15, 0.2) is 17.5 Å². The number of aliphatic hydroxyl groups excluding tert-OH is 1. The average molecular weight is 277 g/mol. The van der Waals surface area contributed by atoms with Crippen LogP contribution in [0.3, 0.4) is 0 Å². The first-order valence-corrected chi connectivity index (χ1v) is 7.88. The van der Waals surface area contributed by atoms with E-state index in [1.807, 2.05) is 24.4 Å². The van der Waals surface area contributed by atoms with Crippen molar-refractivity contribution in [3.63, 3.8) is 0 Å². The molecular formula is C11H19NO3S2. The molecular weight excluding hydrogens is 258 g/mol. The quantitative estimate of drug-likeness (QED) is 0.853. The van der Waals surface area contributed by atoms with Gasteiger partial charge in [0.1, 0.15) is 0 Å². The molecule has 0 saturated heterocycles. The van der Waals surface area contributed by atoms with Gasteiger partial charge >= 0.3 is 0 Å². The van der Waals surface area contributed by atoms with Crippen LogP contribution in [-0.2, 0) is 16.4 Å². The van der Waals surface area contributed by atoms with Crippen molar-refractivity contribution in [3.05, 3.63) is 22.4 Å². The fourth-order valence-corrected chi connectivity index (χ4v) is 3.64. The van der Waals surface area contributed by atoms with Crippen molar-refractivity contribution in [2.75, 3.05) is 13.7 Å². The van der Waals surface area contributed by atoms with Crippen molar-refractivity contribution in [2.45, 2.75) is 31.6 Å². The lowest BCUT2D eigenvalue weighted by Gasteiger charge is -2.26. The van der Waals surface area contributed by atoms with E-state index in [2.05, 4.69) is 0 Å². The van der Waals surface area contributed by atoms with Crippen LogP contribution in [0.5, 0.6) is 0 Å². The molecule has 2 atom stereocenters. The van der Waals surface area contributed by atoms with Crippen molar-refractivity contribution in [1.29, 1.82) is 0 Å². The standard InChI is InChI=1S/C11H19NO3S2/c1-9(7-11-5-4-6-16-11)12(3)17(14,15)10(2)8-13/h4-6,9-10,13H,7-8H2,1-3H3. The molecule has 0 aromatic carbocycles. The molecule has 0 aliphatic carbocycles. The molecule has 17 heavy (non-hydrogen) atoms. The molecule has 2 unspecified atom stereocenters. The SMILES string of the molecule is CC(Cc1cccs1)N(C)S(=O)(=O)C(C)CO. The summed E-state index contributed by atoms with van der Waals surface area (Å²) in [5.41, 5.74) is 0. The molecule has 0 spiro atoms. The van der Waals surface area contributed by atoms with Crippen molar-refractivity contribution in [1.82, 2.24) is 4.31 Å². The van der Waals surface area contributed by atoms with Gasteiger partial charge in [0.25, 0.3) is 0 Å². The monoisotopic (exact) mass is 277 g/mol. The second-order valence-corrected chi connectivity index (χ2v) is 7.63. The van der Waals surface area contributed by atoms with Gasteiger partial charge in [-0.1, -0.05) is 6.07 Å². The lowest BCUT2D eigenvalue weighted by molar-refractivity contribution is 0.287. The molecule has 0 radical (unpaired) electrons. The Labute approximate surface area is 107 Å². The number of hydrogen-bond donors (Lipinski definition) is 1. The predicted molar refractivity (Wildman–Crippen MR) is 70.7 cm³/mol. The van der Waals surface area contributed by atoms with E-state index in [4.69, 9.17) is 5.11 Å². The normalized spacial score (nSPS) is 16.1. The first kappa shape index (κ1) is 14.6. The van der Waals surface area contributed by atoms with Gasteiger partial charge in [-0.05, 0) is 31.7 Å². The van der Waals surface area contributed by atoms with Gasteiger partial charge in [-0.15, -0.1) is 11.3 Å². The molecule has 0 amide bonds. The summed E-state index contributed by atoms with van der Waals surface area (Å²) in [7, 11) is -1.83. The molecule has 0 fully saturated rings. The summed E-state index contributed by atoms with van der Waals surface area (Å²) in [6, 6.07) is 3.85. The number of likely N-dealkylation sites (N-methyl/N-ethyl adjacent to an activating group) is 1. The molecule has 0 bridgehead atoms. The Morgan fingerprint density at radius 1 is 1.47 bits per heavy atom. The number of thiophene rings is 1. The third kappa shape index (κ3) is 3.51. The van der Waals surface area contributed by atoms with E-state index in [0.717, 1.165) is 4.88 Å². The van der Waals surface area contributed by atoms with Crippen LogP contribution in [0, 0.1) is 0 Å². The zero-order valence-corrected chi connectivity index (χ0v) is 12.0. The number of aliphatic hydroxyl groups is 1.